The highest BCUT2D eigenvalue weighted by Gasteiger charge is 1.91. The Hall–Kier alpha value is -0.610. The predicted octanol–water partition coefficient (Wildman–Crippen LogP) is 0.211. The Morgan fingerprint density at radius 1 is 1.78 bits per heavy atom. The van der Waals surface area contributed by atoms with Gasteiger partial charge in [0.2, 0.25) is 6.39 Å². The second kappa shape index (κ2) is 4.29. The molecule has 0 bridgehead atoms. The van der Waals surface area contributed by atoms with Crippen LogP contribution in [0.5, 0.6) is 0 Å². The second-order valence-corrected chi connectivity index (χ2v) is 1.38. The number of nitrogens with one attached hydrogen (secondary N) is 1. The maximum atomic E-state index is 4.47. The fourth-order valence-electron chi connectivity index (χ4n) is 0.428. The summed E-state index contributed by atoms with van der Waals surface area (Å²) in [5.41, 5.74) is 0. The summed E-state index contributed by atoms with van der Waals surface area (Å²) in [4.78, 5) is 3.77. The molecule has 0 aliphatic carbocycles. The minimum Gasteiger partial charge on any atom is -0.343 e. The van der Waals surface area contributed by atoms with Crippen LogP contribution in [0.3, 0.4) is 0 Å². The van der Waals surface area contributed by atoms with E-state index in [0.29, 0.717) is 12.4 Å². The van der Waals surface area contributed by atoms with Crippen LogP contribution in [0.1, 0.15) is 5.82 Å². The van der Waals surface area contributed by atoms with Crippen molar-refractivity contribution in [2.24, 2.45) is 0 Å². The van der Waals surface area contributed by atoms with Crippen molar-refractivity contribution in [2.75, 3.05) is 7.05 Å². The van der Waals surface area contributed by atoms with Crippen molar-refractivity contribution >= 4 is 12.4 Å². The number of hydrogen-bond acceptors (Lipinski definition) is 4. The fraction of sp³-hybridized carbons (Fsp3) is 0.500. The topological polar surface area (TPSA) is 51.0 Å². The Balaban J connectivity index is 0.000000640. The molecule has 1 N–H and O–H groups in total. The lowest BCUT2D eigenvalue weighted by Crippen LogP contribution is -2.05. The smallest absolute Gasteiger partial charge is 0.213 e. The van der Waals surface area contributed by atoms with Gasteiger partial charge < -0.3 is 9.84 Å². The molecule has 0 unspecified atom stereocenters. The maximum Gasteiger partial charge on any atom is 0.213 e. The molecule has 0 fully saturated rings. The van der Waals surface area contributed by atoms with E-state index in [-0.39, 0.29) is 12.4 Å². The van der Waals surface area contributed by atoms with Gasteiger partial charge >= 0.3 is 0 Å². The van der Waals surface area contributed by atoms with Gasteiger partial charge in [0.1, 0.15) is 0 Å². The lowest BCUT2D eigenvalue weighted by molar-refractivity contribution is 0.408. The third-order valence-electron chi connectivity index (χ3n) is 0.742. The maximum absolute atomic E-state index is 4.47. The highest BCUT2D eigenvalue weighted by Crippen LogP contribution is 1.83. The van der Waals surface area contributed by atoms with Gasteiger partial charge in [-0.25, -0.2) is 0 Å². The summed E-state index contributed by atoms with van der Waals surface area (Å²) in [6, 6.07) is 0. The van der Waals surface area contributed by atoms with Crippen molar-refractivity contribution in [1.82, 2.24) is 15.5 Å². The Kier molecular flexibility index (Phi) is 4.00. The largest absolute Gasteiger partial charge is 0.343 e. The summed E-state index contributed by atoms with van der Waals surface area (Å²) >= 11 is 0. The van der Waals surface area contributed by atoms with Crippen molar-refractivity contribution in [3.8, 4) is 0 Å². The molecule has 0 saturated carbocycles. The lowest BCUT2D eigenvalue weighted by Gasteiger charge is -1.85. The molecular formula is C4H8ClN3O. The quantitative estimate of drug-likeness (QED) is 0.653. The van der Waals surface area contributed by atoms with Gasteiger partial charge in [0.15, 0.2) is 5.82 Å². The predicted molar refractivity (Wildman–Crippen MR) is 34.3 cm³/mol. The Morgan fingerprint density at radius 3 is 3.00 bits per heavy atom. The monoisotopic (exact) mass is 149 g/mol. The first-order valence-electron chi connectivity index (χ1n) is 2.33. The highest BCUT2D eigenvalue weighted by atomic mass is 35.5. The molecule has 5 heteroatoms. The Morgan fingerprint density at radius 2 is 2.56 bits per heavy atom. The van der Waals surface area contributed by atoms with E-state index in [9.17, 15) is 0 Å². The number of hydrogen-bond donors (Lipinski definition) is 1. The summed E-state index contributed by atoms with van der Waals surface area (Å²) in [6.07, 6.45) is 1.31. The van der Waals surface area contributed by atoms with Crippen LogP contribution < -0.4 is 5.32 Å². The highest BCUT2D eigenvalue weighted by molar-refractivity contribution is 5.85. The number of rotatable bonds is 2. The average molecular weight is 150 g/mol. The summed E-state index contributed by atoms with van der Waals surface area (Å²) in [5.74, 6) is 0.688. The summed E-state index contributed by atoms with van der Waals surface area (Å²) in [6.45, 7) is 0.663. The molecule has 9 heavy (non-hydrogen) atoms. The minimum atomic E-state index is 0. The molecule has 52 valence electrons. The molecule has 1 heterocycles. The molecule has 1 aromatic rings. The Bertz CT molecular complexity index is 142. The minimum absolute atomic E-state index is 0. The van der Waals surface area contributed by atoms with Crippen LogP contribution in [0.15, 0.2) is 10.9 Å². The first kappa shape index (κ1) is 8.39. The van der Waals surface area contributed by atoms with Crippen LogP contribution in [0, 0.1) is 0 Å². The van der Waals surface area contributed by atoms with Gasteiger partial charge in [-0.2, -0.15) is 4.98 Å². The van der Waals surface area contributed by atoms with Gasteiger partial charge in [-0.15, -0.1) is 12.4 Å². The number of halogens is 1. The molecule has 0 spiro atoms. The molecule has 0 aromatic carbocycles. The molecule has 4 nitrogen and oxygen atoms in total. The van der Waals surface area contributed by atoms with Crippen molar-refractivity contribution in [3.05, 3.63) is 12.2 Å². The van der Waals surface area contributed by atoms with Crippen LogP contribution >= 0.6 is 12.4 Å². The first-order chi connectivity index (χ1) is 3.93. The van der Waals surface area contributed by atoms with Gasteiger partial charge in [-0.3, -0.25) is 0 Å². The molecular weight excluding hydrogens is 142 g/mol. The zero-order chi connectivity index (χ0) is 5.82. The molecule has 0 aliphatic heterocycles. The van der Waals surface area contributed by atoms with Crippen molar-refractivity contribution in [2.45, 2.75) is 6.54 Å². The van der Waals surface area contributed by atoms with Gasteiger partial charge in [0, 0.05) is 0 Å². The zero-order valence-electron chi connectivity index (χ0n) is 5.00. The van der Waals surface area contributed by atoms with E-state index in [0.717, 1.165) is 0 Å². The third-order valence-corrected chi connectivity index (χ3v) is 0.742. The van der Waals surface area contributed by atoms with Crippen LogP contribution in [-0.4, -0.2) is 17.2 Å². The van der Waals surface area contributed by atoms with E-state index in [1.54, 1.807) is 0 Å². The van der Waals surface area contributed by atoms with Crippen molar-refractivity contribution < 1.29 is 4.52 Å². The van der Waals surface area contributed by atoms with Gasteiger partial charge in [-0.1, -0.05) is 5.16 Å². The average Bonchev–Trinajstić information content (AvgIpc) is 2.19. The lowest BCUT2D eigenvalue weighted by atomic mass is 10.6. The molecule has 1 rings (SSSR count). The normalized spacial score (nSPS) is 8.56. The number of nitrogens with zero attached hydrogens (tertiary/aromatic N) is 2. The molecule has 0 aliphatic rings. The van der Waals surface area contributed by atoms with Crippen LogP contribution in [0.4, 0.5) is 0 Å². The van der Waals surface area contributed by atoms with Crippen molar-refractivity contribution in [3.63, 3.8) is 0 Å². The second-order valence-electron chi connectivity index (χ2n) is 1.38. The fourth-order valence-corrected chi connectivity index (χ4v) is 0.428. The number of aromatic nitrogens is 2. The van der Waals surface area contributed by atoms with E-state index in [4.69, 9.17) is 0 Å². The summed E-state index contributed by atoms with van der Waals surface area (Å²) in [5, 5.41) is 6.44. The summed E-state index contributed by atoms with van der Waals surface area (Å²) < 4.78 is 4.47. The molecule has 0 atom stereocenters. The molecule has 0 radical (unpaired) electrons. The van der Waals surface area contributed by atoms with Gasteiger partial charge in [0.25, 0.3) is 0 Å². The molecule has 1 aromatic heterocycles. The van der Waals surface area contributed by atoms with Crippen molar-refractivity contribution in [1.29, 1.82) is 0 Å². The SMILES string of the molecule is CNCc1ncon1.Cl. The summed E-state index contributed by atoms with van der Waals surface area (Å²) in [7, 11) is 1.83. The third kappa shape index (κ3) is 2.43. The first-order valence-corrected chi connectivity index (χ1v) is 2.33. The van der Waals surface area contributed by atoms with Crippen LogP contribution in [-0.2, 0) is 6.54 Å². The van der Waals surface area contributed by atoms with E-state index in [2.05, 4.69) is 20.0 Å². The standard InChI is InChI=1S/C4H7N3O.ClH/c1-5-2-4-6-3-8-7-4;/h3,5H,2H2,1H3;1H. The zero-order valence-corrected chi connectivity index (χ0v) is 5.81. The molecule has 0 amide bonds. The van der Waals surface area contributed by atoms with E-state index >= 15 is 0 Å². The Labute approximate surface area is 59.0 Å². The van der Waals surface area contributed by atoms with E-state index in [1.807, 2.05) is 7.05 Å². The van der Waals surface area contributed by atoms with Gasteiger partial charge in [0.05, 0.1) is 6.54 Å². The van der Waals surface area contributed by atoms with E-state index in [1.165, 1.54) is 6.39 Å². The van der Waals surface area contributed by atoms with Gasteiger partial charge in [-0.05, 0) is 7.05 Å². The molecule has 0 saturated heterocycles. The van der Waals surface area contributed by atoms with Crippen LogP contribution in [0.2, 0.25) is 0 Å². The van der Waals surface area contributed by atoms with E-state index < -0.39 is 0 Å². The van der Waals surface area contributed by atoms with Crippen LogP contribution in [0.25, 0.3) is 0 Å².